The summed E-state index contributed by atoms with van der Waals surface area (Å²) in [7, 11) is 1.50. The van der Waals surface area contributed by atoms with Crippen LogP contribution in [0.15, 0.2) is 45.8 Å². The van der Waals surface area contributed by atoms with Gasteiger partial charge in [0.15, 0.2) is 0 Å². The molecule has 3 amide bonds. The molecule has 0 unspecified atom stereocenters. The lowest BCUT2D eigenvalue weighted by atomic mass is 10.2. The predicted octanol–water partition coefficient (Wildman–Crippen LogP) is 5.74. The Morgan fingerprint density at radius 2 is 1.97 bits per heavy atom. The molecule has 8 nitrogen and oxygen atoms in total. The molecule has 35 heavy (non-hydrogen) atoms. The number of anilines is 1. The maximum Gasteiger partial charge on any atom is 0.339 e. The van der Waals surface area contributed by atoms with E-state index in [-0.39, 0.29) is 27.8 Å². The number of nitrogens with one attached hydrogen (secondary N) is 1. The van der Waals surface area contributed by atoms with E-state index in [2.05, 4.69) is 21.2 Å². The summed E-state index contributed by atoms with van der Waals surface area (Å²) in [5, 5.41) is 2.20. The maximum atomic E-state index is 12.8. The topological polar surface area (TPSA) is 102 Å². The quantitative estimate of drug-likeness (QED) is 0.229. The summed E-state index contributed by atoms with van der Waals surface area (Å²) in [5.41, 5.74) is 0.997. The molecule has 0 radical (unpaired) electrons. The molecule has 1 aliphatic rings. The van der Waals surface area contributed by atoms with Gasteiger partial charge < -0.3 is 14.8 Å². The van der Waals surface area contributed by atoms with Crippen LogP contribution in [0.1, 0.15) is 35.7 Å². The van der Waals surface area contributed by atoms with Crippen molar-refractivity contribution in [2.24, 2.45) is 0 Å². The highest BCUT2D eigenvalue weighted by atomic mass is 79.9. The molecule has 0 atom stereocenters. The second-order valence-electron chi connectivity index (χ2n) is 7.39. The third-order valence-corrected chi connectivity index (χ3v) is 6.58. The van der Waals surface area contributed by atoms with Crippen LogP contribution in [0.5, 0.6) is 5.75 Å². The highest BCUT2D eigenvalue weighted by Gasteiger charge is 2.36. The van der Waals surface area contributed by atoms with Crippen LogP contribution in [-0.2, 0) is 14.3 Å². The number of benzene rings is 2. The van der Waals surface area contributed by atoms with Crippen LogP contribution in [0.4, 0.5) is 10.5 Å². The molecule has 0 aliphatic carbocycles. The number of rotatable bonds is 9. The summed E-state index contributed by atoms with van der Waals surface area (Å²) in [5.74, 6) is -1.27. The molecule has 1 fully saturated rings. The average molecular weight is 582 g/mol. The highest BCUT2D eigenvalue weighted by molar-refractivity contribution is 9.10. The normalized spacial score (nSPS) is 14.4. The Morgan fingerprint density at radius 1 is 1.20 bits per heavy atom. The van der Waals surface area contributed by atoms with Gasteiger partial charge in [-0.05, 0) is 60.7 Å². The number of halogens is 2. The molecule has 1 heterocycles. The number of ether oxygens (including phenoxy) is 2. The van der Waals surface area contributed by atoms with Crippen molar-refractivity contribution in [3.05, 3.63) is 61.9 Å². The van der Waals surface area contributed by atoms with Gasteiger partial charge in [0.2, 0.25) is 5.91 Å². The first kappa shape index (κ1) is 26.8. The maximum absolute atomic E-state index is 12.8. The molecule has 3 rings (SSSR count). The number of methoxy groups -OCH3 is 1. The fourth-order valence-electron chi connectivity index (χ4n) is 3.09. The number of hydrogen-bond acceptors (Lipinski definition) is 7. The Kier molecular flexibility index (Phi) is 9.36. The van der Waals surface area contributed by atoms with Gasteiger partial charge in [0.1, 0.15) is 12.3 Å². The van der Waals surface area contributed by atoms with Gasteiger partial charge >= 0.3 is 5.97 Å². The van der Waals surface area contributed by atoms with Gasteiger partial charge in [0, 0.05) is 15.7 Å². The molecule has 0 bridgehead atoms. The van der Waals surface area contributed by atoms with Crippen LogP contribution < -0.4 is 10.1 Å². The zero-order valence-electron chi connectivity index (χ0n) is 18.9. The molecule has 0 spiro atoms. The lowest BCUT2D eigenvalue weighted by Gasteiger charge is -2.13. The van der Waals surface area contributed by atoms with E-state index in [0.717, 1.165) is 34.0 Å². The van der Waals surface area contributed by atoms with E-state index in [4.69, 9.17) is 21.1 Å². The number of thioether (sulfide) groups is 1. The van der Waals surface area contributed by atoms with Crippen LogP contribution in [0.3, 0.4) is 0 Å². The van der Waals surface area contributed by atoms with Crippen molar-refractivity contribution >= 4 is 74.1 Å². The van der Waals surface area contributed by atoms with Crippen LogP contribution in [0, 0.1) is 0 Å². The summed E-state index contributed by atoms with van der Waals surface area (Å²) >= 11 is 10.2. The van der Waals surface area contributed by atoms with Crippen molar-refractivity contribution in [2.75, 3.05) is 25.6 Å². The summed E-state index contributed by atoms with van der Waals surface area (Å²) in [6, 6.07) is 9.64. The van der Waals surface area contributed by atoms with Crippen LogP contribution in [0.25, 0.3) is 6.08 Å². The van der Waals surface area contributed by atoms with Crippen LogP contribution >= 0.6 is 39.3 Å². The minimum Gasteiger partial charge on any atom is -0.496 e. The Morgan fingerprint density at radius 3 is 2.69 bits per heavy atom. The SMILES string of the molecule is CCCCOC(=O)c1cc(NC(=O)CN2C(=O)S/C(=C/c3cc(Br)ccc3OC)C2=O)ccc1Cl. The zero-order chi connectivity index (χ0) is 25.5. The minimum absolute atomic E-state index is 0.109. The average Bonchev–Trinajstić information content (AvgIpc) is 3.07. The highest BCUT2D eigenvalue weighted by Crippen LogP contribution is 2.34. The van der Waals surface area contributed by atoms with Gasteiger partial charge in [-0.25, -0.2) is 4.79 Å². The molecule has 11 heteroatoms. The summed E-state index contributed by atoms with van der Waals surface area (Å²) in [4.78, 5) is 51.1. The first-order valence-corrected chi connectivity index (χ1v) is 12.6. The molecule has 1 saturated heterocycles. The van der Waals surface area contributed by atoms with E-state index in [0.29, 0.717) is 11.3 Å². The Bertz CT molecular complexity index is 1200. The van der Waals surface area contributed by atoms with Gasteiger partial charge in [-0.2, -0.15) is 0 Å². The number of unbranched alkanes of at least 4 members (excludes halogenated alkanes) is 1. The van der Waals surface area contributed by atoms with E-state index < -0.39 is 29.6 Å². The van der Waals surface area contributed by atoms with Crippen molar-refractivity contribution in [3.8, 4) is 5.75 Å². The zero-order valence-corrected chi connectivity index (χ0v) is 22.1. The number of carbonyl (C=O) groups excluding carboxylic acids is 4. The van der Waals surface area contributed by atoms with Crippen LogP contribution in [0.2, 0.25) is 5.02 Å². The van der Waals surface area contributed by atoms with Gasteiger partial charge in [-0.15, -0.1) is 0 Å². The van der Waals surface area contributed by atoms with E-state index in [1.165, 1.54) is 25.3 Å². The number of carbonyl (C=O) groups is 4. The second-order valence-corrected chi connectivity index (χ2v) is 9.70. The molecular weight excluding hydrogens is 560 g/mol. The van der Waals surface area contributed by atoms with Gasteiger partial charge in [-0.1, -0.05) is 40.9 Å². The smallest absolute Gasteiger partial charge is 0.339 e. The molecule has 0 saturated carbocycles. The third-order valence-electron chi connectivity index (χ3n) is 4.85. The van der Waals surface area contributed by atoms with E-state index >= 15 is 0 Å². The Labute approximate surface area is 220 Å². The van der Waals surface area contributed by atoms with Gasteiger partial charge in [0.05, 0.1) is 29.2 Å². The fraction of sp³-hybridized carbons (Fsp3) is 0.250. The van der Waals surface area contributed by atoms with E-state index in [1.807, 2.05) is 6.92 Å². The van der Waals surface area contributed by atoms with E-state index in [9.17, 15) is 19.2 Å². The lowest BCUT2D eigenvalue weighted by Crippen LogP contribution is -2.36. The molecule has 2 aromatic carbocycles. The largest absolute Gasteiger partial charge is 0.496 e. The first-order valence-electron chi connectivity index (χ1n) is 10.6. The standard InChI is InChI=1S/C24H22BrClN2O6S/c1-3-4-9-34-23(31)17-12-16(6-7-18(17)26)27-21(29)13-28-22(30)20(35-24(28)32)11-14-10-15(25)5-8-19(14)33-2/h5-8,10-12H,3-4,9,13H2,1-2H3,(H,27,29)/b20-11+. The van der Waals surface area contributed by atoms with Crippen molar-refractivity contribution in [1.82, 2.24) is 4.90 Å². The number of esters is 1. The molecule has 1 N–H and O–H groups in total. The van der Waals surface area contributed by atoms with Crippen molar-refractivity contribution in [3.63, 3.8) is 0 Å². The van der Waals surface area contributed by atoms with Crippen molar-refractivity contribution in [2.45, 2.75) is 19.8 Å². The first-order chi connectivity index (χ1) is 16.7. The van der Waals surface area contributed by atoms with E-state index in [1.54, 1.807) is 24.3 Å². The number of nitrogens with zero attached hydrogens (tertiary/aromatic N) is 1. The van der Waals surface area contributed by atoms with Gasteiger partial charge in [0.25, 0.3) is 11.1 Å². The predicted molar refractivity (Wildman–Crippen MR) is 139 cm³/mol. The summed E-state index contributed by atoms with van der Waals surface area (Å²) in [6.45, 7) is 1.75. The number of hydrogen-bond donors (Lipinski definition) is 1. The van der Waals surface area contributed by atoms with Crippen molar-refractivity contribution < 1.29 is 28.7 Å². The van der Waals surface area contributed by atoms with Crippen LogP contribution in [-0.4, -0.2) is 48.2 Å². The Hall–Kier alpha value is -2.82. The second kappa shape index (κ2) is 12.2. The minimum atomic E-state index is -0.610. The Balaban J connectivity index is 1.69. The molecular formula is C24H22BrClN2O6S. The van der Waals surface area contributed by atoms with Crippen molar-refractivity contribution in [1.29, 1.82) is 0 Å². The molecule has 184 valence electrons. The molecule has 0 aromatic heterocycles. The number of amides is 3. The summed E-state index contributed by atoms with van der Waals surface area (Å²) < 4.78 is 11.3. The lowest BCUT2D eigenvalue weighted by molar-refractivity contribution is -0.127. The fourth-order valence-corrected chi connectivity index (χ4v) is 4.49. The van der Waals surface area contributed by atoms with Gasteiger partial charge in [-0.3, -0.25) is 19.3 Å². The molecule has 2 aromatic rings. The summed E-state index contributed by atoms with van der Waals surface area (Å²) in [6.07, 6.45) is 3.14. The monoisotopic (exact) mass is 580 g/mol. The number of imide groups is 1. The third kappa shape index (κ3) is 6.87. The molecule has 1 aliphatic heterocycles.